The molecular weight excluding hydrogens is 312 g/mol. The molecule has 5 heteroatoms. The van der Waals surface area contributed by atoms with Crippen LogP contribution in [0, 0.1) is 0 Å². The fraction of sp³-hybridized carbons (Fsp3) is 0.316. The van der Waals surface area contributed by atoms with Gasteiger partial charge in [-0.1, -0.05) is 32.6 Å². The van der Waals surface area contributed by atoms with E-state index in [1.807, 2.05) is 36.3 Å². The summed E-state index contributed by atoms with van der Waals surface area (Å²) in [6.45, 7) is 9.50. The van der Waals surface area contributed by atoms with Gasteiger partial charge in [0.2, 0.25) is 0 Å². The lowest BCUT2D eigenvalue weighted by Crippen LogP contribution is -2.28. The van der Waals surface area contributed by atoms with Crippen LogP contribution in [0.1, 0.15) is 18.0 Å². The Morgan fingerprint density at radius 1 is 1.04 bits per heavy atom. The average molecular weight is 337 g/mol. The van der Waals surface area contributed by atoms with Gasteiger partial charge in [-0.05, 0) is 34.9 Å². The lowest BCUT2D eigenvalue weighted by Gasteiger charge is -2.25. The Kier molecular flexibility index (Phi) is 4.37. The molecule has 0 aliphatic carbocycles. The zero-order chi connectivity index (χ0) is 17.3. The van der Waals surface area contributed by atoms with Crippen LogP contribution < -0.4 is 0 Å². The van der Waals surface area contributed by atoms with E-state index < -0.39 is 8.07 Å². The zero-order valence-corrected chi connectivity index (χ0v) is 16.0. The van der Waals surface area contributed by atoms with Crippen LogP contribution in [0.15, 0.2) is 49.1 Å². The molecule has 0 aliphatic rings. The Bertz CT molecular complexity index is 817. The van der Waals surface area contributed by atoms with Crippen molar-refractivity contribution >= 4 is 8.07 Å². The van der Waals surface area contributed by atoms with E-state index in [4.69, 9.17) is 4.98 Å². The van der Waals surface area contributed by atoms with Gasteiger partial charge in [0.15, 0.2) is 0 Å². The fourth-order valence-electron chi connectivity index (χ4n) is 2.72. The zero-order valence-electron chi connectivity index (χ0n) is 15.0. The predicted molar refractivity (Wildman–Crippen MR) is 101 cm³/mol. The molecule has 0 amide bonds. The van der Waals surface area contributed by atoms with Crippen molar-refractivity contribution in [3.63, 3.8) is 0 Å². The topological polar surface area (TPSA) is 43.6 Å². The molecule has 0 fully saturated rings. The second-order valence-corrected chi connectivity index (χ2v) is 13.0. The number of nitrogens with zero attached hydrogens (tertiary/aromatic N) is 4. The second-order valence-electron chi connectivity index (χ2n) is 7.37. The lowest BCUT2D eigenvalue weighted by molar-refractivity contribution is 0.770. The summed E-state index contributed by atoms with van der Waals surface area (Å²) in [6.07, 6.45) is 7.66. The molecule has 3 aromatic heterocycles. The summed E-state index contributed by atoms with van der Waals surface area (Å²) < 4.78 is 1.84. The van der Waals surface area contributed by atoms with Gasteiger partial charge >= 0.3 is 0 Å². The van der Waals surface area contributed by atoms with Crippen LogP contribution in [0.25, 0.3) is 22.5 Å². The molecule has 1 atom stereocenters. The molecule has 0 saturated carbocycles. The second kappa shape index (κ2) is 6.32. The van der Waals surface area contributed by atoms with E-state index in [9.17, 15) is 0 Å². The summed E-state index contributed by atoms with van der Waals surface area (Å²) in [7, 11) is 0.716. The van der Waals surface area contributed by atoms with Gasteiger partial charge in [0.05, 0.1) is 13.8 Å². The van der Waals surface area contributed by atoms with Crippen molar-refractivity contribution < 1.29 is 0 Å². The van der Waals surface area contributed by atoms with Crippen molar-refractivity contribution in [2.45, 2.75) is 32.1 Å². The van der Waals surface area contributed by atoms with E-state index in [1.54, 1.807) is 12.4 Å². The molecule has 3 heterocycles. The van der Waals surface area contributed by atoms with Crippen LogP contribution in [0.5, 0.6) is 0 Å². The first-order valence-electron chi connectivity index (χ1n) is 8.26. The van der Waals surface area contributed by atoms with E-state index in [2.05, 4.69) is 48.8 Å². The minimum Gasteiger partial charge on any atom is -0.274 e. The Morgan fingerprint density at radius 2 is 1.75 bits per heavy atom. The van der Waals surface area contributed by atoms with Crippen LogP contribution in [0.4, 0.5) is 0 Å². The largest absolute Gasteiger partial charge is 0.274 e. The van der Waals surface area contributed by atoms with Gasteiger partial charge in [-0.3, -0.25) is 14.6 Å². The van der Waals surface area contributed by atoms with Gasteiger partial charge in [0.25, 0.3) is 0 Å². The summed E-state index contributed by atoms with van der Waals surface area (Å²) in [5.41, 5.74) is 5.92. The first kappa shape index (κ1) is 16.6. The van der Waals surface area contributed by atoms with Crippen LogP contribution in [-0.4, -0.2) is 27.8 Å². The van der Waals surface area contributed by atoms with Crippen molar-refractivity contribution in [2.75, 3.05) is 0 Å². The molecule has 3 rings (SSSR count). The van der Waals surface area contributed by atoms with Gasteiger partial charge < -0.3 is 0 Å². The number of rotatable bonds is 4. The van der Waals surface area contributed by atoms with Crippen molar-refractivity contribution in [2.24, 2.45) is 7.05 Å². The number of hydrogen-bond donors (Lipinski definition) is 0. The van der Waals surface area contributed by atoms with E-state index >= 15 is 0 Å². The maximum Gasteiger partial charge on any atom is 0.118 e. The highest BCUT2D eigenvalue weighted by molar-refractivity contribution is 6.77. The molecule has 24 heavy (non-hydrogen) atoms. The summed E-state index contributed by atoms with van der Waals surface area (Å²) >= 11 is 0. The maximum absolute atomic E-state index is 4.71. The molecular formula is C19H24N4Si. The third-order valence-corrected chi connectivity index (χ3v) is 7.58. The first-order valence-corrected chi connectivity index (χ1v) is 11.8. The first-order chi connectivity index (χ1) is 11.4. The summed E-state index contributed by atoms with van der Waals surface area (Å²) in [4.78, 5) is 8.81. The molecule has 0 N–H and O–H groups in total. The van der Waals surface area contributed by atoms with Gasteiger partial charge in [-0.2, -0.15) is 5.10 Å². The highest BCUT2D eigenvalue weighted by Gasteiger charge is 2.24. The van der Waals surface area contributed by atoms with Crippen LogP contribution in [0.2, 0.25) is 19.6 Å². The van der Waals surface area contributed by atoms with E-state index in [-0.39, 0.29) is 0 Å². The molecule has 0 saturated heterocycles. The molecule has 0 aromatic carbocycles. The number of aromatic nitrogens is 4. The molecule has 0 aliphatic heterocycles. The Morgan fingerprint density at radius 3 is 2.33 bits per heavy atom. The molecule has 0 radical (unpaired) electrons. The van der Waals surface area contributed by atoms with Crippen molar-refractivity contribution in [3.05, 3.63) is 54.6 Å². The number of aryl methyl sites for hydroxylation is 1. The highest BCUT2D eigenvalue weighted by Crippen LogP contribution is 2.31. The highest BCUT2D eigenvalue weighted by atomic mass is 28.3. The quantitative estimate of drug-likeness (QED) is 0.658. The molecule has 0 bridgehead atoms. The maximum atomic E-state index is 4.71. The minimum atomic E-state index is -1.22. The standard InChI is InChI=1S/C19H24N4Si/c1-14(24(3,4)5)16-6-7-18(21-12-16)19-17(13-23(2)22-19)15-8-10-20-11-9-15/h6-14H,1-5H3. The molecule has 1 unspecified atom stereocenters. The monoisotopic (exact) mass is 336 g/mol. The van der Waals surface area contributed by atoms with Gasteiger partial charge in [-0.15, -0.1) is 0 Å². The smallest absolute Gasteiger partial charge is 0.118 e. The molecule has 0 spiro atoms. The number of pyridine rings is 2. The lowest BCUT2D eigenvalue weighted by atomic mass is 10.1. The predicted octanol–water partition coefficient (Wildman–Crippen LogP) is 4.53. The third-order valence-electron chi connectivity index (χ3n) is 4.65. The summed E-state index contributed by atoms with van der Waals surface area (Å²) in [5.74, 6) is 0. The van der Waals surface area contributed by atoms with Gasteiger partial charge in [0.1, 0.15) is 5.69 Å². The normalized spacial score (nSPS) is 13.0. The summed E-state index contributed by atoms with van der Waals surface area (Å²) in [6, 6.07) is 8.31. The van der Waals surface area contributed by atoms with Gasteiger partial charge in [0, 0.05) is 37.4 Å². The Balaban J connectivity index is 1.99. The van der Waals surface area contributed by atoms with Crippen LogP contribution in [-0.2, 0) is 7.05 Å². The third kappa shape index (κ3) is 3.31. The van der Waals surface area contributed by atoms with E-state index in [1.165, 1.54) is 5.56 Å². The molecule has 4 nitrogen and oxygen atoms in total. The van der Waals surface area contributed by atoms with Crippen molar-refractivity contribution in [1.29, 1.82) is 0 Å². The minimum absolute atomic E-state index is 0.586. The molecule has 3 aromatic rings. The Hall–Kier alpha value is -2.27. The SMILES string of the molecule is CC(c1ccc(-c2nn(C)cc2-c2ccncc2)nc1)[Si](C)(C)C. The van der Waals surface area contributed by atoms with Crippen molar-refractivity contribution in [3.8, 4) is 22.5 Å². The van der Waals surface area contributed by atoms with Crippen LogP contribution in [0.3, 0.4) is 0 Å². The van der Waals surface area contributed by atoms with Crippen molar-refractivity contribution in [1.82, 2.24) is 19.7 Å². The van der Waals surface area contributed by atoms with Gasteiger partial charge in [-0.25, -0.2) is 0 Å². The van der Waals surface area contributed by atoms with E-state index in [0.717, 1.165) is 22.5 Å². The Labute approximate surface area is 144 Å². The van der Waals surface area contributed by atoms with E-state index in [0.29, 0.717) is 5.54 Å². The average Bonchev–Trinajstić information content (AvgIpc) is 2.96. The molecule has 124 valence electrons. The number of hydrogen-bond acceptors (Lipinski definition) is 3. The van der Waals surface area contributed by atoms with Crippen LogP contribution >= 0.6 is 0 Å². The summed E-state index contributed by atoms with van der Waals surface area (Å²) in [5, 5.41) is 4.62. The fourth-order valence-corrected chi connectivity index (χ4v) is 3.89.